The largest absolute Gasteiger partial charge is 0.351 e. The van der Waals surface area contributed by atoms with E-state index in [1.54, 1.807) is 12.5 Å². The molecule has 2 aromatic rings. The molecule has 0 aliphatic rings. The van der Waals surface area contributed by atoms with E-state index in [1.807, 2.05) is 30.3 Å². The number of nitrogens with one attached hydrogen (secondary N) is 1. The van der Waals surface area contributed by atoms with Gasteiger partial charge in [-0.25, -0.2) is 4.98 Å². The lowest BCUT2D eigenvalue weighted by Crippen LogP contribution is -2.03. The Labute approximate surface area is 81.8 Å². The molecule has 3 nitrogen and oxygen atoms in total. The normalized spacial score (nSPS) is 10.0. The van der Waals surface area contributed by atoms with Gasteiger partial charge in [0.1, 0.15) is 0 Å². The third-order valence-electron chi connectivity index (χ3n) is 1.99. The van der Waals surface area contributed by atoms with Crippen LogP contribution < -0.4 is 0 Å². The van der Waals surface area contributed by atoms with Gasteiger partial charge in [-0.05, 0) is 0 Å². The molecule has 70 valence electrons. The van der Waals surface area contributed by atoms with Gasteiger partial charge in [0.2, 0.25) is 0 Å². The highest BCUT2D eigenvalue weighted by Gasteiger charge is 2.06. The van der Waals surface area contributed by atoms with Gasteiger partial charge < -0.3 is 4.98 Å². The van der Waals surface area contributed by atoms with Gasteiger partial charge in [0.05, 0.1) is 18.4 Å². The molecule has 1 N–H and O–H groups in total. The van der Waals surface area contributed by atoms with E-state index < -0.39 is 0 Å². The average molecular weight is 186 g/mol. The molecule has 0 fully saturated rings. The number of aromatic amines is 1. The molecular formula is C11H10N2O. The van der Waals surface area contributed by atoms with Crippen LogP contribution in [-0.2, 0) is 6.42 Å². The third-order valence-corrected chi connectivity index (χ3v) is 1.99. The molecule has 0 amide bonds. The summed E-state index contributed by atoms with van der Waals surface area (Å²) in [4.78, 5) is 18.5. The molecule has 0 atom stereocenters. The maximum atomic E-state index is 11.7. The minimum absolute atomic E-state index is 0.0951. The summed E-state index contributed by atoms with van der Waals surface area (Å²) in [6, 6.07) is 9.24. The van der Waals surface area contributed by atoms with Crippen LogP contribution in [-0.4, -0.2) is 15.8 Å². The van der Waals surface area contributed by atoms with E-state index in [2.05, 4.69) is 9.97 Å². The lowest BCUT2D eigenvalue weighted by atomic mass is 10.1. The van der Waals surface area contributed by atoms with E-state index >= 15 is 0 Å². The summed E-state index contributed by atoms with van der Waals surface area (Å²) in [6.07, 6.45) is 3.67. The van der Waals surface area contributed by atoms with Crippen LogP contribution in [0.25, 0.3) is 0 Å². The summed E-state index contributed by atoms with van der Waals surface area (Å²) in [6.45, 7) is 0. The molecule has 0 aliphatic carbocycles. The van der Waals surface area contributed by atoms with Gasteiger partial charge in [-0.2, -0.15) is 0 Å². The summed E-state index contributed by atoms with van der Waals surface area (Å²) < 4.78 is 0. The van der Waals surface area contributed by atoms with Gasteiger partial charge in [-0.1, -0.05) is 30.3 Å². The monoisotopic (exact) mass is 186 g/mol. The first-order chi connectivity index (χ1) is 6.86. The van der Waals surface area contributed by atoms with Crippen LogP contribution in [0.2, 0.25) is 0 Å². The van der Waals surface area contributed by atoms with Crippen molar-refractivity contribution in [2.24, 2.45) is 0 Å². The molecule has 0 aliphatic heterocycles. The van der Waals surface area contributed by atoms with Gasteiger partial charge in [0.25, 0.3) is 0 Å². The van der Waals surface area contributed by atoms with E-state index in [9.17, 15) is 4.79 Å². The van der Waals surface area contributed by atoms with E-state index in [0.29, 0.717) is 6.42 Å². The number of carbonyl (C=O) groups is 1. The first-order valence-corrected chi connectivity index (χ1v) is 4.42. The lowest BCUT2D eigenvalue weighted by molar-refractivity contribution is 0.0992. The molecular weight excluding hydrogens is 176 g/mol. The van der Waals surface area contributed by atoms with Gasteiger partial charge in [0.15, 0.2) is 5.78 Å². The number of hydrogen-bond donors (Lipinski definition) is 1. The second kappa shape index (κ2) is 3.87. The van der Waals surface area contributed by atoms with Crippen molar-refractivity contribution in [3.8, 4) is 0 Å². The number of aromatic nitrogens is 2. The maximum Gasteiger partial charge on any atom is 0.168 e. The Morgan fingerprint density at radius 2 is 2.07 bits per heavy atom. The maximum absolute atomic E-state index is 11.7. The highest BCUT2D eigenvalue weighted by atomic mass is 16.1. The second-order valence-corrected chi connectivity index (χ2v) is 3.03. The van der Waals surface area contributed by atoms with Crippen molar-refractivity contribution in [3.63, 3.8) is 0 Å². The summed E-state index contributed by atoms with van der Waals surface area (Å²) in [5.74, 6) is 0.0951. The molecule has 0 saturated heterocycles. The van der Waals surface area contributed by atoms with Crippen molar-refractivity contribution >= 4 is 5.78 Å². The Morgan fingerprint density at radius 3 is 2.71 bits per heavy atom. The fraction of sp³-hybridized carbons (Fsp3) is 0.0909. The molecule has 14 heavy (non-hydrogen) atoms. The number of H-pyrrole nitrogens is 1. The predicted octanol–water partition coefficient (Wildman–Crippen LogP) is 1.84. The summed E-state index contributed by atoms with van der Waals surface area (Å²) in [5.41, 5.74) is 1.51. The smallest absolute Gasteiger partial charge is 0.168 e. The Bertz CT molecular complexity index is 406. The van der Waals surface area contributed by atoms with Crippen LogP contribution >= 0.6 is 0 Å². The zero-order valence-electron chi connectivity index (χ0n) is 7.60. The van der Waals surface area contributed by atoms with Crippen LogP contribution in [0.5, 0.6) is 0 Å². The molecule has 0 bridgehead atoms. The summed E-state index contributed by atoms with van der Waals surface area (Å²) >= 11 is 0. The number of imidazole rings is 1. The summed E-state index contributed by atoms with van der Waals surface area (Å²) in [7, 11) is 0. The van der Waals surface area contributed by atoms with E-state index in [4.69, 9.17) is 0 Å². The summed E-state index contributed by atoms with van der Waals surface area (Å²) in [5, 5.41) is 0. The minimum Gasteiger partial charge on any atom is -0.351 e. The Kier molecular flexibility index (Phi) is 2.40. The molecule has 1 aromatic heterocycles. The number of ketones is 1. The van der Waals surface area contributed by atoms with Crippen LogP contribution in [0.1, 0.15) is 16.1 Å². The SMILES string of the molecule is O=C(Cc1c[nH]cn1)c1ccccc1. The van der Waals surface area contributed by atoms with Crippen molar-refractivity contribution in [1.29, 1.82) is 0 Å². The number of benzene rings is 1. The molecule has 0 unspecified atom stereocenters. The number of Topliss-reactive ketones (excluding diaryl/α,β-unsaturated/α-hetero) is 1. The van der Waals surface area contributed by atoms with Crippen LogP contribution in [0.4, 0.5) is 0 Å². The van der Waals surface area contributed by atoms with E-state index in [-0.39, 0.29) is 5.78 Å². The Hall–Kier alpha value is -1.90. The third kappa shape index (κ3) is 1.88. The van der Waals surface area contributed by atoms with Crippen molar-refractivity contribution in [2.45, 2.75) is 6.42 Å². The first kappa shape index (κ1) is 8.69. The zero-order chi connectivity index (χ0) is 9.80. The Balaban J connectivity index is 2.11. The molecule has 3 heteroatoms. The fourth-order valence-corrected chi connectivity index (χ4v) is 1.28. The molecule has 0 radical (unpaired) electrons. The second-order valence-electron chi connectivity index (χ2n) is 3.03. The van der Waals surface area contributed by atoms with Crippen LogP contribution in [0, 0.1) is 0 Å². The van der Waals surface area contributed by atoms with Crippen molar-refractivity contribution < 1.29 is 4.79 Å². The number of rotatable bonds is 3. The molecule has 1 heterocycles. The molecule has 0 saturated carbocycles. The zero-order valence-corrected chi connectivity index (χ0v) is 7.60. The molecule has 0 spiro atoms. The average Bonchev–Trinajstić information content (AvgIpc) is 2.72. The number of carbonyl (C=O) groups excluding carboxylic acids is 1. The topological polar surface area (TPSA) is 45.8 Å². The lowest BCUT2D eigenvalue weighted by Gasteiger charge is -1.97. The van der Waals surface area contributed by atoms with Crippen molar-refractivity contribution in [3.05, 3.63) is 54.1 Å². The standard InChI is InChI=1S/C11H10N2O/c14-11(6-10-7-12-8-13-10)9-4-2-1-3-5-9/h1-5,7-8H,6H2,(H,12,13). The van der Waals surface area contributed by atoms with Crippen molar-refractivity contribution in [2.75, 3.05) is 0 Å². The first-order valence-electron chi connectivity index (χ1n) is 4.42. The number of hydrogen-bond acceptors (Lipinski definition) is 2. The van der Waals surface area contributed by atoms with Crippen LogP contribution in [0.15, 0.2) is 42.9 Å². The van der Waals surface area contributed by atoms with Crippen molar-refractivity contribution in [1.82, 2.24) is 9.97 Å². The highest BCUT2D eigenvalue weighted by molar-refractivity contribution is 5.97. The number of nitrogens with zero attached hydrogens (tertiary/aromatic N) is 1. The van der Waals surface area contributed by atoms with E-state index in [1.165, 1.54) is 0 Å². The van der Waals surface area contributed by atoms with Crippen LogP contribution in [0.3, 0.4) is 0 Å². The van der Waals surface area contributed by atoms with Gasteiger partial charge in [-0.15, -0.1) is 0 Å². The minimum atomic E-state index is 0.0951. The predicted molar refractivity (Wildman–Crippen MR) is 53.1 cm³/mol. The van der Waals surface area contributed by atoms with Gasteiger partial charge >= 0.3 is 0 Å². The highest BCUT2D eigenvalue weighted by Crippen LogP contribution is 2.04. The van der Waals surface area contributed by atoms with Gasteiger partial charge in [0, 0.05) is 11.8 Å². The fourth-order valence-electron chi connectivity index (χ4n) is 1.28. The van der Waals surface area contributed by atoms with E-state index in [0.717, 1.165) is 11.3 Å². The molecule has 2 rings (SSSR count). The quantitative estimate of drug-likeness (QED) is 0.743. The van der Waals surface area contributed by atoms with Gasteiger partial charge in [-0.3, -0.25) is 4.79 Å². The molecule has 1 aromatic carbocycles. The Morgan fingerprint density at radius 1 is 1.29 bits per heavy atom.